The number of nitrogens with one attached hydrogen (secondary N) is 3. The van der Waals surface area contributed by atoms with E-state index in [0.29, 0.717) is 27.5 Å². The van der Waals surface area contributed by atoms with Crippen molar-refractivity contribution in [3.05, 3.63) is 57.2 Å². The average molecular weight is 428 g/mol. The molecule has 0 aliphatic carbocycles. The fourth-order valence-electron chi connectivity index (χ4n) is 2.91. The highest BCUT2D eigenvalue weighted by Crippen LogP contribution is 2.30. The van der Waals surface area contributed by atoms with Gasteiger partial charge in [-0.05, 0) is 31.9 Å². The summed E-state index contributed by atoms with van der Waals surface area (Å²) >= 11 is 1.41. The van der Waals surface area contributed by atoms with Crippen molar-refractivity contribution >= 4 is 28.6 Å². The molecule has 3 aromatic rings. The third-order valence-electron chi connectivity index (χ3n) is 4.39. The fourth-order valence-corrected chi connectivity index (χ4v) is 3.72. The summed E-state index contributed by atoms with van der Waals surface area (Å²) in [7, 11) is 0. The Hall–Kier alpha value is -3.04. The number of hydrogen-bond acceptors (Lipinski definition) is 7. The summed E-state index contributed by atoms with van der Waals surface area (Å²) in [6.45, 7) is 7.57. The predicted molar refractivity (Wildman–Crippen MR) is 119 cm³/mol. The number of hydrogen-bond donors (Lipinski definition) is 4. The quantitative estimate of drug-likeness (QED) is 0.460. The van der Waals surface area contributed by atoms with E-state index in [1.165, 1.54) is 17.5 Å². The van der Waals surface area contributed by atoms with E-state index in [1.54, 1.807) is 25.3 Å². The van der Waals surface area contributed by atoms with Gasteiger partial charge >= 0.3 is 0 Å². The van der Waals surface area contributed by atoms with Crippen molar-refractivity contribution in [3.63, 3.8) is 0 Å². The number of thiazole rings is 1. The van der Waals surface area contributed by atoms with Crippen LogP contribution in [0.25, 0.3) is 10.6 Å². The minimum atomic E-state index is -0.655. The normalized spacial score (nSPS) is 12.1. The minimum absolute atomic E-state index is 0.0432. The molecule has 0 aromatic carbocycles. The Morgan fingerprint density at radius 2 is 2.07 bits per heavy atom. The van der Waals surface area contributed by atoms with Gasteiger partial charge in [0.15, 0.2) is 0 Å². The van der Waals surface area contributed by atoms with Gasteiger partial charge in [-0.1, -0.05) is 13.8 Å². The van der Waals surface area contributed by atoms with Gasteiger partial charge in [-0.25, -0.2) is 4.98 Å². The monoisotopic (exact) mass is 427 g/mol. The van der Waals surface area contributed by atoms with Crippen LogP contribution >= 0.6 is 11.3 Å². The molecule has 0 fully saturated rings. The number of H-pyrrole nitrogens is 1. The number of aliphatic hydroxyl groups excluding tert-OH is 1. The average Bonchev–Trinajstić information content (AvgIpc) is 3.13. The molecule has 0 aliphatic rings. The SMILES string of the molecule is Cc1csc(-c2cc(Nc3ccncc3C(=O)NCC(C)O)c(C(C)C)[nH]c2=O)n1. The summed E-state index contributed by atoms with van der Waals surface area (Å²) in [5, 5.41) is 17.9. The van der Waals surface area contributed by atoms with E-state index in [9.17, 15) is 14.7 Å². The zero-order valence-corrected chi connectivity index (χ0v) is 18.1. The maximum Gasteiger partial charge on any atom is 0.258 e. The van der Waals surface area contributed by atoms with Gasteiger partial charge in [-0.15, -0.1) is 11.3 Å². The second kappa shape index (κ2) is 9.19. The lowest BCUT2D eigenvalue weighted by Crippen LogP contribution is -2.31. The first-order valence-corrected chi connectivity index (χ1v) is 10.5. The highest BCUT2D eigenvalue weighted by atomic mass is 32.1. The molecule has 0 saturated carbocycles. The molecule has 0 spiro atoms. The summed E-state index contributed by atoms with van der Waals surface area (Å²) < 4.78 is 0. The van der Waals surface area contributed by atoms with Gasteiger partial charge < -0.3 is 20.7 Å². The molecule has 3 heterocycles. The topological polar surface area (TPSA) is 120 Å². The van der Waals surface area contributed by atoms with E-state index in [4.69, 9.17) is 0 Å². The Kier molecular flexibility index (Phi) is 6.63. The predicted octanol–water partition coefficient (Wildman–Crippen LogP) is 3.18. The molecule has 0 saturated heterocycles. The number of carbonyl (C=O) groups is 1. The van der Waals surface area contributed by atoms with Gasteiger partial charge in [0, 0.05) is 35.7 Å². The highest BCUT2D eigenvalue weighted by Gasteiger charge is 2.18. The molecule has 0 bridgehead atoms. The molecule has 158 valence electrons. The van der Waals surface area contributed by atoms with Crippen molar-refractivity contribution in [2.75, 3.05) is 11.9 Å². The second-order valence-corrected chi connectivity index (χ2v) is 8.25. The Morgan fingerprint density at radius 3 is 2.70 bits per heavy atom. The van der Waals surface area contributed by atoms with Crippen molar-refractivity contribution in [1.82, 2.24) is 20.3 Å². The maximum atomic E-state index is 12.7. The van der Waals surface area contributed by atoms with E-state index in [2.05, 4.69) is 25.6 Å². The summed E-state index contributed by atoms with van der Waals surface area (Å²) in [5.41, 5.74) is 3.40. The number of anilines is 2. The van der Waals surface area contributed by atoms with Crippen LogP contribution in [0.1, 0.15) is 48.4 Å². The number of aromatic amines is 1. The lowest BCUT2D eigenvalue weighted by atomic mass is 10.1. The summed E-state index contributed by atoms with van der Waals surface area (Å²) in [6, 6.07) is 3.46. The molecule has 3 rings (SSSR count). The van der Waals surface area contributed by atoms with Gasteiger partial charge in [0.05, 0.1) is 28.6 Å². The Labute approximate surface area is 178 Å². The Bertz CT molecular complexity index is 1100. The number of carbonyl (C=O) groups excluding carboxylic acids is 1. The number of aromatic nitrogens is 3. The van der Waals surface area contributed by atoms with Crippen LogP contribution in [0, 0.1) is 6.92 Å². The fraction of sp³-hybridized carbons (Fsp3) is 0.333. The second-order valence-electron chi connectivity index (χ2n) is 7.39. The van der Waals surface area contributed by atoms with Crippen LogP contribution in [0.3, 0.4) is 0 Å². The zero-order valence-electron chi connectivity index (χ0n) is 17.3. The van der Waals surface area contributed by atoms with Crippen molar-refractivity contribution in [1.29, 1.82) is 0 Å². The van der Waals surface area contributed by atoms with Crippen LogP contribution in [0.4, 0.5) is 11.4 Å². The van der Waals surface area contributed by atoms with Crippen LogP contribution < -0.4 is 16.2 Å². The Balaban J connectivity index is 2.02. The van der Waals surface area contributed by atoms with Gasteiger partial charge in [0.1, 0.15) is 5.01 Å². The summed E-state index contributed by atoms with van der Waals surface area (Å²) in [4.78, 5) is 36.7. The number of pyridine rings is 2. The maximum absolute atomic E-state index is 12.7. The first-order chi connectivity index (χ1) is 14.3. The molecule has 8 nitrogen and oxygen atoms in total. The smallest absolute Gasteiger partial charge is 0.258 e. The van der Waals surface area contributed by atoms with Gasteiger partial charge in [-0.2, -0.15) is 0 Å². The molecule has 1 unspecified atom stereocenters. The standard InChI is InChI=1S/C21H25N5O3S/c1-11(2)18-17(7-14(20(29)26-18)21-24-12(3)10-30-21)25-16-5-6-22-9-15(16)19(28)23-8-13(4)27/h5-7,9-11,13,27H,8H2,1-4H3,(H,22,25)(H,23,28)(H,26,29). The molecule has 9 heteroatoms. The molecule has 4 N–H and O–H groups in total. The van der Waals surface area contributed by atoms with Crippen LogP contribution in [-0.2, 0) is 0 Å². The summed E-state index contributed by atoms with van der Waals surface area (Å²) in [6.07, 6.45) is 2.39. The third kappa shape index (κ3) is 4.92. The Morgan fingerprint density at radius 1 is 1.30 bits per heavy atom. The van der Waals surface area contributed by atoms with Crippen molar-refractivity contribution in [2.45, 2.75) is 39.7 Å². The zero-order chi connectivity index (χ0) is 21.8. The number of aryl methyl sites for hydroxylation is 1. The van der Waals surface area contributed by atoms with Crippen LogP contribution in [-0.4, -0.2) is 38.6 Å². The first kappa shape index (κ1) is 21.7. The van der Waals surface area contributed by atoms with Crippen molar-refractivity contribution in [2.24, 2.45) is 0 Å². The van der Waals surface area contributed by atoms with Crippen LogP contribution in [0.5, 0.6) is 0 Å². The molecule has 0 radical (unpaired) electrons. The third-order valence-corrected chi connectivity index (χ3v) is 5.38. The van der Waals surface area contributed by atoms with Crippen LogP contribution in [0.2, 0.25) is 0 Å². The molecular formula is C21H25N5O3S. The molecule has 1 amide bonds. The van der Waals surface area contributed by atoms with E-state index < -0.39 is 6.10 Å². The largest absolute Gasteiger partial charge is 0.392 e. The molecule has 3 aromatic heterocycles. The van der Waals surface area contributed by atoms with Crippen molar-refractivity contribution in [3.8, 4) is 10.6 Å². The van der Waals surface area contributed by atoms with E-state index >= 15 is 0 Å². The molecule has 1 atom stereocenters. The van der Waals surface area contributed by atoms with E-state index in [-0.39, 0.29) is 23.9 Å². The summed E-state index contributed by atoms with van der Waals surface area (Å²) in [5.74, 6) is -0.306. The van der Waals surface area contributed by atoms with E-state index in [1.807, 2.05) is 26.2 Å². The minimum Gasteiger partial charge on any atom is -0.392 e. The molecular weight excluding hydrogens is 402 g/mol. The van der Waals surface area contributed by atoms with E-state index in [0.717, 1.165) is 11.4 Å². The lowest BCUT2D eigenvalue weighted by molar-refractivity contribution is 0.0924. The van der Waals surface area contributed by atoms with Crippen LogP contribution in [0.15, 0.2) is 34.7 Å². The van der Waals surface area contributed by atoms with Crippen molar-refractivity contribution < 1.29 is 9.90 Å². The number of nitrogens with zero attached hydrogens (tertiary/aromatic N) is 2. The number of amides is 1. The number of aliphatic hydroxyl groups is 1. The van der Waals surface area contributed by atoms with Gasteiger partial charge in [0.2, 0.25) is 0 Å². The molecule has 30 heavy (non-hydrogen) atoms. The molecule has 0 aliphatic heterocycles. The highest BCUT2D eigenvalue weighted by molar-refractivity contribution is 7.13. The number of rotatable bonds is 7. The first-order valence-electron chi connectivity index (χ1n) is 9.63. The van der Waals surface area contributed by atoms with Gasteiger partial charge in [0.25, 0.3) is 11.5 Å². The van der Waals surface area contributed by atoms with Gasteiger partial charge in [-0.3, -0.25) is 14.6 Å². The lowest BCUT2D eigenvalue weighted by Gasteiger charge is -2.17.